The van der Waals surface area contributed by atoms with Gasteiger partial charge in [0.1, 0.15) is 12.1 Å². The van der Waals surface area contributed by atoms with Gasteiger partial charge in [0.2, 0.25) is 5.78 Å². The minimum atomic E-state index is -1.10. The first-order valence-electron chi connectivity index (χ1n) is 5.16. The molecular formula is C11H7N5O3. The molecule has 0 aliphatic carbocycles. The van der Waals surface area contributed by atoms with Gasteiger partial charge in [0.05, 0.1) is 6.07 Å². The van der Waals surface area contributed by atoms with E-state index in [4.69, 9.17) is 5.26 Å². The van der Waals surface area contributed by atoms with Crippen molar-refractivity contribution in [2.75, 3.05) is 0 Å². The molecule has 0 bridgehead atoms. The van der Waals surface area contributed by atoms with E-state index >= 15 is 0 Å². The predicted molar refractivity (Wildman–Crippen MR) is 62.2 cm³/mol. The van der Waals surface area contributed by atoms with Gasteiger partial charge in [-0.15, -0.1) is 0 Å². The van der Waals surface area contributed by atoms with Crippen LogP contribution in [0.2, 0.25) is 0 Å². The van der Waals surface area contributed by atoms with Gasteiger partial charge in [-0.25, -0.2) is 9.97 Å². The Morgan fingerprint density at radius 2 is 2.32 bits per heavy atom. The quantitative estimate of drug-likeness (QED) is 0.498. The van der Waals surface area contributed by atoms with Crippen molar-refractivity contribution in [3.63, 3.8) is 0 Å². The number of imidazole rings is 1. The lowest BCUT2D eigenvalue weighted by molar-refractivity contribution is -0.389. The van der Waals surface area contributed by atoms with Crippen LogP contribution in [0.4, 0.5) is 5.82 Å². The number of nitrogens with one attached hydrogen (secondary N) is 1. The van der Waals surface area contributed by atoms with Gasteiger partial charge < -0.3 is 10.1 Å². The number of ketones is 1. The van der Waals surface area contributed by atoms with E-state index in [-0.39, 0.29) is 5.82 Å². The Labute approximate surface area is 106 Å². The Morgan fingerprint density at radius 3 is 2.84 bits per heavy atom. The minimum absolute atomic E-state index is 0.220. The van der Waals surface area contributed by atoms with E-state index in [1.165, 1.54) is 12.4 Å². The highest BCUT2D eigenvalue weighted by Gasteiger charge is 2.27. The van der Waals surface area contributed by atoms with Crippen LogP contribution in [-0.2, 0) is 0 Å². The first-order valence-corrected chi connectivity index (χ1v) is 5.16. The molecule has 8 heteroatoms. The number of hydrogen-bond acceptors (Lipinski definition) is 6. The van der Waals surface area contributed by atoms with E-state index in [0.29, 0.717) is 5.56 Å². The van der Waals surface area contributed by atoms with Gasteiger partial charge in [-0.2, -0.15) is 5.26 Å². The SMILES string of the molecule is N#CC(C(=O)c1ncc([N+](=O)[O-])[nH]1)c1cccnc1. The van der Waals surface area contributed by atoms with E-state index in [9.17, 15) is 14.9 Å². The Balaban J connectivity index is 2.31. The fraction of sp³-hybridized carbons (Fsp3) is 0.0909. The number of hydrogen-bond donors (Lipinski definition) is 1. The summed E-state index contributed by atoms with van der Waals surface area (Å²) in [4.78, 5) is 31.5. The molecule has 1 N–H and O–H groups in total. The molecule has 0 aromatic carbocycles. The minimum Gasteiger partial charge on any atom is -0.358 e. The van der Waals surface area contributed by atoms with Gasteiger partial charge in [-0.3, -0.25) is 9.78 Å². The maximum absolute atomic E-state index is 12.0. The third-order valence-corrected chi connectivity index (χ3v) is 2.40. The van der Waals surface area contributed by atoms with E-state index in [2.05, 4.69) is 15.0 Å². The Bertz CT molecular complexity index is 658. The lowest BCUT2D eigenvalue weighted by Crippen LogP contribution is -2.13. The normalized spacial score (nSPS) is 11.5. The molecule has 2 aromatic rings. The monoisotopic (exact) mass is 257 g/mol. The van der Waals surface area contributed by atoms with Crippen LogP contribution in [0.3, 0.4) is 0 Å². The Hall–Kier alpha value is -3.08. The molecule has 0 fully saturated rings. The standard InChI is InChI=1S/C11H7N5O3/c12-4-8(7-2-1-3-13-5-7)10(17)11-14-6-9(15-11)16(18)19/h1-3,5-6,8H,(H,14,15). The average Bonchev–Trinajstić information content (AvgIpc) is 2.90. The van der Waals surface area contributed by atoms with Crippen LogP contribution in [-0.4, -0.2) is 25.7 Å². The fourth-order valence-electron chi connectivity index (χ4n) is 1.50. The molecule has 2 rings (SSSR count). The number of aromatic amines is 1. The number of nitro groups is 1. The summed E-state index contributed by atoms with van der Waals surface area (Å²) in [6.45, 7) is 0. The molecule has 1 unspecified atom stereocenters. The zero-order valence-electron chi connectivity index (χ0n) is 9.48. The van der Waals surface area contributed by atoms with E-state index in [1.54, 1.807) is 12.1 Å². The van der Waals surface area contributed by atoms with Gasteiger partial charge in [-0.1, -0.05) is 6.07 Å². The van der Waals surface area contributed by atoms with E-state index in [1.807, 2.05) is 6.07 Å². The zero-order chi connectivity index (χ0) is 13.8. The molecule has 0 saturated carbocycles. The van der Waals surface area contributed by atoms with Crippen molar-refractivity contribution >= 4 is 11.6 Å². The number of pyridine rings is 1. The van der Waals surface area contributed by atoms with Crippen molar-refractivity contribution in [3.8, 4) is 6.07 Å². The molecule has 0 aliphatic heterocycles. The third-order valence-electron chi connectivity index (χ3n) is 2.40. The van der Waals surface area contributed by atoms with Gasteiger partial charge in [0, 0.05) is 12.4 Å². The van der Waals surface area contributed by atoms with Crippen molar-refractivity contribution in [1.82, 2.24) is 15.0 Å². The number of nitrogens with zero attached hydrogens (tertiary/aromatic N) is 4. The highest BCUT2D eigenvalue weighted by atomic mass is 16.6. The highest BCUT2D eigenvalue weighted by molar-refractivity contribution is 6.00. The number of rotatable bonds is 4. The Morgan fingerprint density at radius 1 is 1.53 bits per heavy atom. The van der Waals surface area contributed by atoms with Crippen LogP contribution in [0, 0.1) is 21.4 Å². The lowest BCUT2D eigenvalue weighted by atomic mass is 9.97. The summed E-state index contributed by atoms with van der Waals surface area (Å²) in [6, 6.07) is 5.01. The summed E-state index contributed by atoms with van der Waals surface area (Å²) < 4.78 is 0. The van der Waals surface area contributed by atoms with Crippen molar-refractivity contribution < 1.29 is 9.72 Å². The first-order chi connectivity index (χ1) is 9.13. The van der Waals surface area contributed by atoms with E-state index in [0.717, 1.165) is 6.20 Å². The molecule has 1 atom stereocenters. The summed E-state index contributed by atoms with van der Waals surface area (Å²) in [7, 11) is 0. The number of carbonyl (C=O) groups excluding carboxylic acids is 1. The molecule has 0 saturated heterocycles. The average molecular weight is 257 g/mol. The predicted octanol–water partition coefficient (Wildman–Crippen LogP) is 1.20. The molecule has 0 radical (unpaired) electrons. The first kappa shape index (κ1) is 12.4. The van der Waals surface area contributed by atoms with Gasteiger partial charge in [0.25, 0.3) is 5.82 Å². The third kappa shape index (κ3) is 2.44. The molecule has 2 heterocycles. The molecule has 0 spiro atoms. The summed E-state index contributed by atoms with van der Waals surface area (Å²) in [5.74, 6) is -2.35. The second-order valence-electron chi connectivity index (χ2n) is 3.59. The van der Waals surface area contributed by atoms with E-state index < -0.39 is 22.4 Å². The molecule has 2 aromatic heterocycles. The van der Waals surface area contributed by atoms with Crippen LogP contribution in [0.5, 0.6) is 0 Å². The number of nitriles is 1. The molecule has 19 heavy (non-hydrogen) atoms. The van der Waals surface area contributed by atoms with Crippen LogP contribution >= 0.6 is 0 Å². The molecule has 8 nitrogen and oxygen atoms in total. The largest absolute Gasteiger partial charge is 0.358 e. The lowest BCUT2D eigenvalue weighted by Gasteiger charge is -2.03. The second-order valence-corrected chi connectivity index (χ2v) is 3.59. The van der Waals surface area contributed by atoms with Gasteiger partial charge in [-0.05, 0) is 16.6 Å². The van der Waals surface area contributed by atoms with Crippen LogP contribution < -0.4 is 0 Å². The summed E-state index contributed by atoms with van der Waals surface area (Å²) >= 11 is 0. The summed E-state index contributed by atoms with van der Waals surface area (Å²) in [6.07, 6.45) is 3.84. The van der Waals surface area contributed by atoms with Gasteiger partial charge in [0.15, 0.2) is 0 Å². The number of aromatic nitrogens is 3. The smallest absolute Gasteiger partial charge is 0.341 e. The number of H-pyrrole nitrogens is 1. The van der Waals surface area contributed by atoms with Crippen LogP contribution in [0.1, 0.15) is 22.1 Å². The topological polar surface area (TPSA) is 126 Å². The van der Waals surface area contributed by atoms with Crippen molar-refractivity contribution in [1.29, 1.82) is 5.26 Å². The maximum atomic E-state index is 12.0. The van der Waals surface area contributed by atoms with Crippen molar-refractivity contribution in [3.05, 3.63) is 52.2 Å². The fourth-order valence-corrected chi connectivity index (χ4v) is 1.50. The van der Waals surface area contributed by atoms with Crippen molar-refractivity contribution in [2.45, 2.75) is 5.92 Å². The maximum Gasteiger partial charge on any atom is 0.341 e. The molecular weight excluding hydrogens is 250 g/mol. The number of Topliss-reactive ketones (excluding diaryl/α,β-unsaturated/α-hetero) is 1. The highest BCUT2D eigenvalue weighted by Crippen LogP contribution is 2.19. The molecule has 0 amide bonds. The van der Waals surface area contributed by atoms with Crippen LogP contribution in [0.25, 0.3) is 0 Å². The Kier molecular flexibility index (Phi) is 3.29. The number of carbonyl (C=O) groups is 1. The molecule has 94 valence electrons. The summed E-state index contributed by atoms with van der Waals surface area (Å²) in [5, 5.41) is 19.5. The molecule has 0 aliphatic rings. The second kappa shape index (κ2) is 5.05. The van der Waals surface area contributed by atoms with Crippen LogP contribution in [0.15, 0.2) is 30.7 Å². The van der Waals surface area contributed by atoms with Gasteiger partial charge >= 0.3 is 5.82 Å². The summed E-state index contributed by atoms with van der Waals surface area (Å²) in [5.41, 5.74) is 0.411. The zero-order valence-corrected chi connectivity index (χ0v) is 9.48. The van der Waals surface area contributed by atoms with Crippen molar-refractivity contribution in [2.24, 2.45) is 0 Å².